The van der Waals surface area contributed by atoms with Crippen LogP contribution in [0.25, 0.3) is 0 Å². The quantitative estimate of drug-likeness (QED) is 0.0349. The number of halogens is 1. The molecule has 10 nitrogen and oxygen atoms in total. The van der Waals surface area contributed by atoms with Gasteiger partial charge in [-0.15, -0.1) is 11.6 Å². The van der Waals surface area contributed by atoms with Crippen molar-refractivity contribution in [2.24, 2.45) is 0 Å². The highest BCUT2D eigenvalue weighted by atomic mass is 35.5. The van der Waals surface area contributed by atoms with Crippen LogP contribution in [0.15, 0.2) is 91.0 Å². The van der Waals surface area contributed by atoms with Gasteiger partial charge in [-0.05, 0) is 29.5 Å². The van der Waals surface area contributed by atoms with Gasteiger partial charge >= 0.3 is 0 Å². The summed E-state index contributed by atoms with van der Waals surface area (Å²) in [5.74, 6) is 0.742. The summed E-state index contributed by atoms with van der Waals surface area (Å²) in [6, 6.07) is 31.0. The maximum Gasteiger partial charge on any atom is 0.143 e. The Morgan fingerprint density at radius 3 is 0.852 bits per heavy atom. The van der Waals surface area contributed by atoms with Crippen LogP contribution in [0.2, 0.25) is 0 Å². The van der Waals surface area contributed by atoms with E-state index in [1.54, 1.807) is 0 Å². The molecule has 11 heteroatoms. The molecule has 0 saturated heterocycles. The van der Waals surface area contributed by atoms with E-state index in [0.717, 1.165) is 42.0 Å². The van der Waals surface area contributed by atoms with Crippen LogP contribution in [0.3, 0.4) is 0 Å². The summed E-state index contributed by atoms with van der Waals surface area (Å²) in [4.78, 5) is 0. The maximum atomic E-state index is 6.73. The molecule has 54 heavy (non-hydrogen) atoms. The molecular weight excluding hydrogens is 712 g/mol. The summed E-state index contributed by atoms with van der Waals surface area (Å²) >= 11 is 5.67. The molecule has 0 N–H and O–H groups in total. The molecule has 0 spiro atoms. The first kappa shape index (κ1) is 45.9. The number of unbranched alkanes of at least 4 members (excludes halogenated alkanes) is 3. The second-order valence-corrected chi connectivity index (χ2v) is 12.6. The van der Waals surface area contributed by atoms with E-state index in [1.807, 2.05) is 54.6 Å². The number of ether oxygens (including phenoxy) is 10. The first-order chi connectivity index (χ1) is 26.9. The van der Waals surface area contributed by atoms with Crippen molar-refractivity contribution < 1.29 is 47.4 Å². The third-order valence-electron chi connectivity index (χ3n) is 8.24. The van der Waals surface area contributed by atoms with Crippen molar-refractivity contribution in [3.05, 3.63) is 108 Å². The molecule has 0 aliphatic carbocycles. The van der Waals surface area contributed by atoms with E-state index in [4.69, 9.17) is 59.0 Å². The van der Waals surface area contributed by atoms with Crippen molar-refractivity contribution in [2.45, 2.75) is 31.3 Å². The van der Waals surface area contributed by atoms with E-state index < -0.39 is 5.60 Å². The Hall–Kier alpha value is -2.45. The average molecular weight is 775 g/mol. The van der Waals surface area contributed by atoms with E-state index in [-0.39, 0.29) is 0 Å². The van der Waals surface area contributed by atoms with E-state index in [1.165, 1.54) is 12.8 Å². The van der Waals surface area contributed by atoms with E-state index in [0.29, 0.717) is 119 Å². The van der Waals surface area contributed by atoms with E-state index in [2.05, 4.69) is 36.4 Å². The first-order valence-corrected chi connectivity index (χ1v) is 20.0. The van der Waals surface area contributed by atoms with Crippen molar-refractivity contribution >= 4 is 11.6 Å². The van der Waals surface area contributed by atoms with E-state index >= 15 is 0 Å². The lowest BCUT2D eigenvalue weighted by Crippen LogP contribution is -2.34. The van der Waals surface area contributed by atoms with Gasteiger partial charge in [-0.3, -0.25) is 0 Å². The van der Waals surface area contributed by atoms with Crippen molar-refractivity contribution in [3.8, 4) is 0 Å². The Kier molecular flexibility index (Phi) is 27.9. The van der Waals surface area contributed by atoms with Crippen LogP contribution in [0.1, 0.15) is 42.4 Å². The van der Waals surface area contributed by atoms with Gasteiger partial charge in [-0.2, -0.15) is 0 Å². The van der Waals surface area contributed by atoms with Crippen molar-refractivity contribution in [1.29, 1.82) is 0 Å². The van der Waals surface area contributed by atoms with Gasteiger partial charge in [0.15, 0.2) is 0 Å². The van der Waals surface area contributed by atoms with Crippen LogP contribution in [0.4, 0.5) is 0 Å². The molecule has 0 aliphatic heterocycles. The number of benzene rings is 3. The van der Waals surface area contributed by atoms with Gasteiger partial charge in [-0.1, -0.05) is 104 Å². The molecule has 3 aromatic rings. The molecule has 0 amide bonds. The smallest absolute Gasteiger partial charge is 0.143 e. The number of rotatable bonds is 37. The molecule has 0 fully saturated rings. The van der Waals surface area contributed by atoms with Crippen molar-refractivity contribution in [2.75, 3.05) is 131 Å². The standard InChI is InChI=1S/C43H63ClO10/c44-20-12-1-2-13-21-45-22-23-46-24-25-47-26-27-48-28-29-49-30-31-50-32-33-51-34-35-52-36-37-53-38-39-54-43(40-14-6-3-7-15-40,41-16-8-4-9-17-41)42-18-10-5-11-19-42/h3-11,14-19H,1-2,12-13,20-39H2. The minimum atomic E-state index is -0.749. The summed E-state index contributed by atoms with van der Waals surface area (Å²) in [7, 11) is 0. The Bertz CT molecular complexity index is 1130. The van der Waals surface area contributed by atoms with Gasteiger partial charge in [0.1, 0.15) is 5.60 Å². The zero-order valence-electron chi connectivity index (χ0n) is 32.1. The maximum absolute atomic E-state index is 6.73. The SMILES string of the molecule is ClCCCCCCOCCOCCOCCOCCOCCOCCOCCOCCOCCOC(c1ccccc1)(c1ccccc1)c1ccccc1. The molecule has 0 bridgehead atoms. The summed E-state index contributed by atoms with van der Waals surface area (Å²) in [6.07, 6.45) is 4.49. The predicted octanol–water partition coefficient (Wildman–Crippen LogP) is 6.94. The molecule has 0 aromatic heterocycles. The molecule has 3 aromatic carbocycles. The molecule has 302 valence electrons. The van der Waals surface area contributed by atoms with Gasteiger partial charge in [-0.25, -0.2) is 0 Å². The molecule has 3 rings (SSSR count). The zero-order valence-corrected chi connectivity index (χ0v) is 32.8. The Morgan fingerprint density at radius 2 is 0.556 bits per heavy atom. The molecule has 0 heterocycles. The summed E-state index contributed by atoms with van der Waals surface area (Å²) < 4.78 is 57.0. The van der Waals surface area contributed by atoms with Crippen LogP contribution in [0, 0.1) is 0 Å². The van der Waals surface area contributed by atoms with Gasteiger partial charge in [0.2, 0.25) is 0 Å². The molecular formula is C43H63ClO10. The largest absolute Gasteiger partial charge is 0.379 e. The average Bonchev–Trinajstić information content (AvgIpc) is 3.22. The van der Waals surface area contributed by atoms with Crippen molar-refractivity contribution in [3.63, 3.8) is 0 Å². The topological polar surface area (TPSA) is 92.3 Å². The van der Waals surface area contributed by atoms with Crippen LogP contribution >= 0.6 is 11.6 Å². The molecule has 0 unspecified atom stereocenters. The first-order valence-electron chi connectivity index (χ1n) is 19.4. The fourth-order valence-corrected chi connectivity index (χ4v) is 5.72. The predicted molar refractivity (Wildman–Crippen MR) is 212 cm³/mol. The van der Waals surface area contributed by atoms with E-state index in [9.17, 15) is 0 Å². The normalized spacial score (nSPS) is 11.7. The van der Waals surface area contributed by atoms with Crippen molar-refractivity contribution in [1.82, 2.24) is 0 Å². The zero-order chi connectivity index (χ0) is 37.9. The molecule has 0 saturated carbocycles. The van der Waals surface area contributed by atoms with Crippen LogP contribution in [-0.4, -0.2) is 131 Å². The highest BCUT2D eigenvalue weighted by molar-refractivity contribution is 6.17. The Balaban J connectivity index is 1.06. The highest BCUT2D eigenvalue weighted by Crippen LogP contribution is 2.40. The third-order valence-corrected chi connectivity index (χ3v) is 8.50. The van der Waals surface area contributed by atoms with Gasteiger partial charge in [0, 0.05) is 12.5 Å². The summed E-state index contributed by atoms with van der Waals surface area (Å²) in [5, 5.41) is 0. The second-order valence-electron chi connectivity index (χ2n) is 12.2. The van der Waals surface area contributed by atoms with Gasteiger partial charge < -0.3 is 47.4 Å². The third kappa shape index (κ3) is 20.5. The lowest BCUT2D eigenvalue weighted by atomic mass is 9.80. The molecule has 0 aliphatic rings. The number of hydrogen-bond acceptors (Lipinski definition) is 10. The molecule has 0 atom stereocenters. The highest BCUT2D eigenvalue weighted by Gasteiger charge is 2.37. The fourth-order valence-electron chi connectivity index (χ4n) is 5.54. The fraction of sp³-hybridized carbons (Fsp3) is 0.581. The number of alkyl halides is 1. The van der Waals surface area contributed by atoms with Gasteiger partial charge in [0.25, 0.3) is 0 Å². The second kappa shape index (κ2) is 32.8. The lowest BCUT2D eigenvalue weighted by molar-refractivity contribution is -0.0399. The lowest BCUT2D eigenvalue weighted by Gasteiger charge is -2.36. The summed E-state index contributed by atoms with van der Waals surface area (Å²) in [5.41, 5.74) is 2.46. The monoisotopic (exact) mass is 774 g/mol. The van der Waals surface area contributed by atoms with Crippen LogP contribution in [-0.2, 0) is 53.0 Å². The van der Waals surface area contributed by atoms with Crippen LogP contribution in [0.5, 0.6) is 0 Å². The Labute approximate surface area is 328 Å². The minimum Gasteiger partial charge on any atom is -0.379 e. The summed E-state index contributed by atoms with van der Waals surface area (Å²) in [6.45, 7) is 9.99. The minimum absolute atomic E-state index is 0.418. The Morgan fingerprint density at radius 1 is 0.296 bits per heavy atom. The van der Waals surface area contributed by atoms with Gasteiger partial charge in [0.05, 0.1) is 119 Å². The molecule has 0 radical (unpaired) electrons. The van der Waals surface area contributed by atoms with Crippen LogP contribution < -0.4 is 0 Å². The number of hydrogen-bond donors (Lipinski definition) is 0.